The highest BCUT2D eigenvalue weighted by Gasteiger charge is 2.57. The molecule has 4 nitrogen and oxygen atoms in total. The number of unbranched alkanes of at least 4 members (excludes halogenated alkanes) is 1. The highest BCUT2D eigenvalue weighted by atomic mass is 32.2. The van der Waals surface area contributed by atoms with Gasteiger partial charge < -0.3 is 4.74 Å². The van der Waals surface area contributed by atoms with Gasteiger partial charge in [-0.3, -0.25) is 0 Å². The van der Waals surface area contributed by atoms with Gasteiger partial charge in [0.1, 0.15) is 0 Å². The van der Waals surface area contributed by atoms with Crippen LogP contribution >= 0.6 is 0 Å². The summed E-state index contributed by atoms with van der Waals surface area (Å²) in [6, 6.07) is 0. The molecule has 0 aromatic carbocycles. The smallest absolute Gasteiger partial charge is 0.361 e. The number of halogens is 6. The molecule has 0 aromatic rings. The van der Waals surface area contributed by atoms with Gasteiger partial charge in [-0.25, -0.2) is 13.6 Å². The zero-order chi connectivity index (χ0) is 14.6. The average molecular weight is 303 g/mol. The van der Waals surface area contributed by atoms with Gasteiger partial charge in [0, 0.05) is 6.61 Å². The summed E-state index contributed by atoms with van der Waals surface area (Å²) in [5.41, 5.74) is 0. The number of sulfonamides is 1. The summed E-state index contributed by atoms with van der Waals surface area (Å²) in [5.74, 6) is -0.529. The molecule has 0 aliphatic rings. The molecule has 0 saturated heterocycles. The minimum absolute atomic E-state index is 0.179. The Bertz CT molecular complexity index is 335. The number of hydrogen-bond acceptors (Lipinski definition) is 3. The Labute approximate surface area is 99.1 Å². The maximum atomic E-state index is 12.0. The van der Waals surface area contributed by atoms with Crippen molar-refractivity contribution in [2.75, 3.05) is 12.4 Å². The van der Waals surface area contributed by atoms with Gasteiger partial charge in [0.25, 0.3) is 0 Å². The molecule has 0 unspecified atom stereocenters. The third-order valence-electron chi connectivity index (χ3n) is 1.70. The number of nitrogens with two attached hydrogens (primary N) is 1. The Kier molecular flexibility index (Phi) is 5.88. The largest absolute Gasteiger partial charge is 0.423 e. The maximum Gasteiger partial charge on any atom is 0.423 e. The van der Waals surface area contributed by atoms with Crippen molar-refractivity contribution in [3.8, 4) is 0 Å². The summed E-state index contributed by atoms with van der Waals surface area (Å²) < 4.78 is 96.3. The van der Waals surface area contributed by atoms with Gasteiger partial charge in [0.2, 0.25) is 16.1 Å². The second kappa shape index (κ2) is 6.06. The Morgan fingerprint density at radius 3 is 1.78 bits per heavy atom. The Morgan fingerprint density at radius 2 is 1.44 bits per heavy atom. The molecular weight excluding hydrogens is 292 g/mol. The van der Waals surface area contributed by atoms with E-state index < -0.39 is 40.8 Å². The van der Waals surface area contributed by atoms with Crippen LogP contribution in [0.15, 0.2) is 0 Å². The first kappa shape index (κ1) is 17.4. The van der Waals surface area contributed by atoms with E-state index >= 15 is 0 Å². The molecule has 0 aliphatic heterocycles. The Morgan fingerprint density at radius 1 is 1.00 bits per heavy atom. The predicted octanol–water partition coefficient (Wildman–Crippen LogP) is 1.56. The van der Waals surface area contributed by atoms with Crippen LogP contribution in [0.1, 0.15) is 12.8 Å². The van der Waals surface area contributed by atoms with Gasteiger partial charge in [-0.05, 0) is 12.8 Å². The van der Waals surface area contributed by atoms with Crippen LogP contribution in [0.3, 0.4) is 0 Å². The SMILES string of the molecule is NS(=O)(=O)CCCCOC(C(F)(F)F)C(F)(F)F. The standard InChI is InChI=1S/C7H11F6NO3S/c8-6(9,10)5(7(11,12)13)17-3-1-2-4-18(14,15)16/h5H,1-4H2,(H2,14,15,16). The summed E-state index contributed by atoms with van der Waals surface area (Å²) in [4.78, 5) is 0. The second-order valence-electron chi connectivity index (χ2n) is 3.41. The van der Waals surface area contributed by atoms with Crippen LogP contribution in [0.5, 0.6) is 0 Å². The molecule has 11 heteroatoms. The highest BCUT2D eigenvalue weighted by Crippen LogP contribution is 2.35. The van der Waals surface area contributed by atoms with Crippen LogP contribution in [-0.4, -0.2) is 39.2 Å². The van der Waals surface area contributed by atoms with Crippen LogP contribution in [0.25, 0.3) is 0 Å². The highest BCUT2D eigenvalue weighted by molar-refractivity contribution is 7.89. The van der Waals surface area contributed by atoms with Crippen LogP contribution in [0, 0.1) is 0 Å². The van der Waals surface area contributed by atoms with E-state index in [4.69, 9.17) is 0 Å². The third kappa shape index (κ3) is 7.71. The third-order valence-corrected chi connectivity index (χ3v) is 2.56. The summed E-state index contributed by atoms with van der Waals surface area (Å²) in [7, 11) is -3.78. The fourth-order valence-corrected chi connectivity index (χ4v) is 1.59. The molecular formula is C7H11F6NO3S. The first-order valence-corrected chi connectivity index (χ1v) is 6.31. The minimum Gasteiger partial charge on any atom is -0.361 e. The van der Waals surface area contributed by atoms with Gasteiger partial charge in [-0.2, -0.15) is 26.3 Å². The maximum absolute atomic E-state index is 12.0. The monoisotopic (exact) mass is 303 g/mol. The molecule has 0 fully saturated rings. The number of alkyl halides is 6. The van der Waals surface area contributed by atoms with Gasteiger partial charge in [-0.15, -0.1) is 0 Å². The van der Waals surface area contributed by atoms with Crippen molar-refractivity contribution in [3.63, 3.8) is 0 Å². The molecule has 0 aliphatic carbocycles. The number of hydrogen-bond donors (Lipinski definition) is 1. The zero-order valence-electron chi connectivity index (χ0n) is 8.88. The number of primary sulfonamides is 1. The summed E-state index contributed by atoms with van der Waals surface area (Å²) >= 11 is 0. The molecule has 0 radical (unpaired) electrons. The van der Waals surface area contributed by atoms with E-state index in [-0.39, 0.29) is 12.8 Å². The molecule has 110 valence electrons. The van der Waals surface area contributed by atoms with Crippen molar-refractivity contribution in [3.05, 3.63) is 0 Å². The Hall–Kier alpha value is -0.550. The lowest BCUT2D eigenvalue weighted by Gasteiger charge is -2.22. The molecule has 2 N–H and O–H groups in total. The quantitative estimate of drug-likeness (QED) is 0.598. The number of ether oxygens (including phenoxy) is 1. The molecule has 0 spiro atoms. The Balaban J connectivity index is 4.16. The fourth-order valence-electron chi connectivity index (χ4n) is 0.981. The van der Waals surface area contributed by atoms with E-state index in [1.807, 2.05) is 0 Å². The first-order chi connectivity index (χ1) is 7.84. The number of rotatable bonds is 6. The molecule has 0 atom stereocenters. The van der Waals surface area contributed by atoms with E-state index in [0.29, 0.717) is 0 Å². The zero-order valence-corrected chi connectivity index (χ0v) is 9.70. The molecule has 0 bridgehead atoms. The van der Waals surface area contributed by atoms with E-state index in [1.165, 1.54) is 0 Å². The van der Waals surface area contributed by atoms with Gasteiger partial charge in [0.05, 0.1) is 5.75 Å². The van der Waals surface area contributed by atoms with Crippen molar-refractivity contribution in [1.29, 1.82) is 0 Å². The van der Waals surface area contributed by atoms with Crippen LogP contribution in [0.4, 0.5) is 26.3 Å². The van der Waals surface area contributed by atoms with E-state index in [0.717, 1.165) is 0 Å². The average Bonchev–Trinajstić information content (AvgIpc) is 2.04. The lowest BCUT2D eigenvalue weighted by Crippen LogP contribution is -2.44. The van der Waals surface area contributed by atoms with Crippen molar-refractivity contribution in [2.45, 2.75) is 31.3 Å². The summed E-state index contributed by atoms with van der Waals surface area (Å²) in [6.07, 6.45) is -15.4. The van der Waals surface area contributed by atoms with Gasteiger partial charge in [0.15, 0.2) is 0 Å². The molecule has 0 amide bonds. The van der Waals surface area contributed by atoms with E-state index in [2.05, 4.69) is 9.88 Å². The molecule has 0 rings (SSSR count). The fraction of sp³-hybridized carbons (Fsp3) is 1.00. The molecule has 0 aromatic heterocycles. The lowest BCUT2D eigenvalue weighted by atomic mass is 10.3. The summed E-state index contributed by atoms with van der Waals surface area (Å²) in [6.45, 7) is -0.862. The topological polar surface area (TPSA) is 69.4 Å². The molecule has 0 heterocycles. The predicted molar refractivity (Wildman–Crippen MR) is 49.1 cm³/mol. The summed E-state index contributed by atoms with van der Waals surface area (Å²) in [5, 5.41) is 4.59. The molecule has 18 heavy (non-hydrogen) atoms. The van der Waals surface area contributed by atoms with E-state index in [9.17, 15) is 34.8 Å². The van der Waals surface area contributed by atoms with Gasteiger partial charge >= 0.3 is 12.4 Å². The van der Waals surface area contributed by atoms with Crippen LogP contribution < -0.4 is 5.14 Å². The van der Waals surface area contributed by atoms with E-state index in [1.54, 1.807) is 0 Å². The van der Waals surface area contributed by atoms with Crippen molar-refractivity contribution < 1.29 is 39.5 Å². The van der Waals surface area contributed by atoms with Crippen LogP contribution in [-0.2, 0) is 14.8 Å². The van der Waals surface area contributed by atoms with Crippen LogP contribution in [0.2, 0.25) is 0 Å². The first-order valence-electron chi connectivity index (χ1n) is 4.59. The van der Waals surface area contributed by atoms with Gasteiger partial charge in [-0.1, -0.05) is 0 Å². The van der Waals surface area contributed by atoms with Crippen molar-refractivity contribution in [1.82, 2.24) is 0 Å². The second-order valence-corrected chi connectivity index (χ2v) is 5.14. The van der Waals surface area contributed by atoms with Crippen molar-refractivity contribution >= 4 is 10.0 Å². The normalized spacial score (nSPS) is 14.2. The molecule has 0 saturated carbocycles. The van der Waals surface area contributed by atoms with Crippen molar-refractivity contribution in [2.24, 2.45) is 5.14 Å². The minimum atomic E-state index is -5.56. The lowest BCUT2D eigenvalue weighted by molar-refractivity contribution is -0.321.